The Morgan fingerprint density at radius 2 is 1.83 bits per heavy atom. The first-order valence-electron chi connectivity index (χ1n) is 5.73. The predicted molar refractivity (Wildman–Crippen MR) is 73.6 cm³/mol. The van der Waals surface area contributed by atoms with Crippen molar-refractivity contribution in [1.82, 2.24) is 15.3 Å². The second kappa shape index (κ2) is 6.47. The van der Waals surface area contributed by atoms with Crippen molar-refractivity contribution in [3.63, 3.8) is 0 Å². The summed E-state index contributed by atoms with van der Waals surface area (Å²) in [7, 11) is 0. The van der Waals surface area contributed by atoms with Crippen molar-refractivity contribution in [3.8, 4) is 11.8 Å². The first-order valence-corrected chi connectivity index (χ1v) is 6.52. The van der Waals surface area contributed by atoms with Gasteiger partial charge in [-0.3, -0.25) is 0 Å². The lowest BCUT2D eigenvalue weighted by molar-refractivity contribution is 0.440. The normalized spacial score (nSPS) is 10.3. The maximum absolute atomic E-state index is 5.53. The van der Waals surface area contributed by atoms with Crippen LogP contribution in [0.1, 0.15) is 12.5 Å². The van der Waals surface area contributed by atoms with Gasteiger partial charge < -0.3 is 10.1 Å². The molecule has 0 radical (unpaired) electrons. The number of ether oxygens (including phenoxy) is 1. The Labute approximate surface area is 115 Å². The second-order valence-electron chi connectivity index (χ2n) is 3.71. The Bertz CT molecular complexity index is 485. The van der Waals surface area contributed by atoms with Gasteiger partial charge in [-0.05, 0) is 30.8 Å². The summed E-state index contributed by atoms with van der Waals surface area (Å²) in [6.45, 7) is 3.76. The fourth-order valence-electron chi connectivity index (χ4n) is 1.36. The first-order chi connectivity index (χ1) is 8.78. The number of aromatic nitrogens is 2. The van der Waals surface area contributed by atoms with Gasteiger partial charge in [-0.1, -0.05) is 22.9 Å². The van der Waals surface area contributed by atoms with E-state index in [-0.39, 0.29) is 0 Å². The van der Waals surface area contributed by atoms with Crippen LogP contribution in [-0.4, -0.2) is 16.5 Å². The molecule has 0 spiro atoms. The maximum Gasteiger partial charge on any atom is 0.321 e. The van der Waals surface area contributed by atoms with Gasteiger partial charge in [-0.2, -0.15) is 0 Å². The number of hydrogen-bond donors (Lipinski definition) is 1. The number of benzene rings is 1. The summed E-state index contributed by atoms with van der Waals surface area (Å²) in [6.07, 6.45) is 3.54. The van der Waals surface area contributed by atoms with Gasteiger partial charge in [0.2, 0.25) is 0 Å². The highest BCUT2D eigenvalue weighted by atomic mass is 79.9. The van der Waals surface area contributed by atoms with Crippen molar-refractivity contribution in [3.05, 3.63) is 46.7 Å². The summed E-state index contributed by atoms with van der Waals surface area (Å²) in [4.78, 5) is 8.33. The minimum atomic E-state index is 0.359. The molecule has 1 heterocycles. The van der Waals surface area contributed by atoms with E-state index in [1.165, 1.54) is 0 Å². The van der Waals surface area contributed by atoms with Crippen LogP contribution in [0.2, 0.25) is 0 Å². The van der Waals surface area contributed by atoms with E-state index >= 15 is 0 Å². The highest BCUT2D eigenvalue weighted by Gasteiger charge is 2.00. The van der Waals surface area contributed by atoms with Gasteiger partial charge >= 0.3 is 6.01 Å². The third kappa shape index (κ3) is 3.78. The van der Waals surface area contributed by atoms with Crippen molar-refractivity contribution in [2.45, 2.75) is 13.5 Å². The number of nitrogens with one attached hydrogen (secondary N) is 1. The molecular weight excluding hydrogens is 294 g/mol. The summed E-state index contributed by atoms with van der Waals surface area (Å²) >= 11 is 3.37. The van der Waals surface area contributed by atoms with Crippen molar-refractivity contribution >= 4 is 15.9 Å². The molecule has 0 aliphatic carbocycles. The summed E-state index contributed by atoms with van der Waals surface area (Å²) in [6, 6.07) is 7.90. The summed E-state index contributed by atoms with van der Waals surface area (Å²) < 4.78 is 6.54. The molecule has 0 atom stereocenters. The largest absolute Gasteiger partial charge is 0.424 e. The zero-order chi connectivity index (χ0) is 12.8. The minimum Gasteiger partial charge on any atom is -0.424 e. The Kier molecular flexibility index (Phi) is 4.66. The van der Waals surface area contributed by atoms with Gasteiger partial charge in [-0.25, -0.2) is 9.97 Å². The number of halogens is 1. The Morgan fingerprint density at radius 1 is 1.17 bits per heavy atom. The van der Waals surface area contributed by atoms with Crippen LogP contribution in [0.4, 0.5) is 0 Å². The Hall–Kier alpha value is -1.46. The molecular formula is C13H14BrN3O. The smallest absolute Gasteiger partial charge is 0.321 e. The van der Waals surface area contributed by atoms with E-state index in [1.807, 2.05) is 24.3 Å². The van der Waals surface area contributed by atoms with E-state index in [0.29, 0.717) is 6.01 Å². The van der Waals surface area contributed by atoms with E-state index < -0.39 is 0 Å². The molecule has 1 N–H and O–H groups in total. The van der Waals surface area contributed by atoms with Crippen LogP contribution < -0.4 is 10.1 Å². The van der Waals surface area contributed by atoms with Gasteiger partial charge in [0.05, 0.1) is 0 Å². The molecule has 18 heavy (non-hydrogen) atoms. The van der Waals surface area contributed by atoms with Crippen LogP contribution in [-0.2, 0) is 6.54 Å². The van der Waals surface area contributed by atoms with E-state index in [1.54, 1.807) is 12.4 Å². The van der Waals surface area contributed by atoms with Crippen molar-refractivity contribution in [1.29, 1.82) is 0 Å². The maximum atomic E-state index is 5.53. The first kappa shape index (κ1) is 13.0. The lowest BCUT2D eigenvalue weighted by Gasteiger charge is -2.05. The fraction of sp³-hybridized carbons (Fsp3) is 0.231. The minimum absolute atomic E-state index is 0.359. The number of nitrogens with zero attached hydrogens (tertiary/aromatic N) is 2. The molecule has 0 saturated carbocycles. The van der Waals surface area contributed by atoms with Crippen LogP contribution in [0.3, 0.4) is 0 Å². The van der Waals surface area contributed by atoms with E-state index in [2.05, 4.69) is 38.1 Å². The van der Waals surface area contributed by atoms with Gasteiger partial charge in [0.25, 0.3) is 0 Å². The van der Waals surface area contributed by atoms with Crippen LogP contribution in [0.15, 0.2) is 41.1 Å². The third-order valence-electron chi connectivity index (χ3n) is 2.28. The quantitative estimate of drug-likeness (QED) is 0.922. The summed E-state index contributed by atoms with van der Waals surface area (Å²) in [5.74, 6) is 0.720. The van der Waals surface area contributed by atoms with Crippen molar-refractivity contribution in [2.24, 2.45) is 0 Å². The van der Waals surface area contributed by atoms with Gasteiger partial charge in [0.15, 0.2) is 0 Å². The molecule has 1 aromatic heterocycles. The lowest BCUT2D eigenvalue weighted by Crippen LogP contribution is -2.12. The molecule has 1 aromatic carbocycles. The van der Waals surface area contributed by atoms with Gasteiger partial charge in [-0.15, -0.1) is 0 Å². The molecule has 94 valence electrons. The van der Waals surface area contributed by atoms with Crippen LogP contribution in [0.5, 0.6) is 11.8 Å². The standard InChI is InChI=1S/C13H14BrN3O/c1-2-15-7-10-8-16-13(17-9-10)18-12-5-3-11(14)4-6-12/h3-6,8-9,15H,2,7H2,1H3. The van der Waals surface area contributed by atoms with E-state index in [9.17, 15) is 0 Å². The summed E-state index contributed by atoms with van der Waals surface area (Å²) in [5, 5.41) is 3.21. The molecule has 0 aliphatic heterocycles. The molecule has 2 rings (SSSR count). The molecule has 0 fully saturated rings. The van der Waals surface area contributed by atoms with Crippen molar-refractivity contribution < 1.29 is 4.74 Å². The van der Waals surface area contributed by atoms with E-state index in [0.717, 1.165) is 28.9 Å². The van der Waals surface area contributed by atoms with Gasteiger partial charge in [0.1, 0.15) is 5.75 Å². The molecule has 2 aromatic rings. The third-order valence-corrected chi connectivity index (χ3v) is 2.81. The fourth-order valence-corrected chi connectivity index (χ4v) is 1.63. The molecule has 0 bridgehead atoms. The van der Waals surface area contributed by atoms with Gasteiger partial charge in [0, 0.05) is 29.0 Å². The lowest BCUT2D eigenvalue weighted by atomic mass is 10.3. The highest BCUT2D eigenvalue weighted by molar-refractivity contribution is 9.10. The molecule has 5 heteroatoms. The highest BCUT2D eigenvalue weighted by Crippen LogP contribution is 2.20. The molecule has 0 unspecified atom stereocenters. The topological polar surface area (TPSA) is 47.0 Å². The number of hydrogen-bond acceptors (Lipinski definition) is 4. The second-order valence-corrected chi connectivity index (χ2v) is 4.63. The molecule has 0 aliphatic rings. The van der Waals surface area contributed by atoms with Crippen LogP contribution in [0.25, 0.3) is 0 Å². The monoisotopic (exact) mass is 307 g/mol. The zero-order valence-electron chi connectivity index (χ0n) is 10.1. The predicted octanol–water partition coefficient (Wildman–Crippen LogP) is 3.14. The number of rotatable bonds is 5. The average molecular weight is 308 g/mol. The zero-order valence-corrected chi connectivity index (χ0v) is 11.6. The van der Waals surface area contributed by atoms with Crippen LogP contribution >= 0.6 is 15.9 Å². The molecule has 0 amide bonds. The van der Waals surface area contributed by atoms with Crippen LogP contribution in [0, 0.1) is 0 Å². The average Bonchev–Trinajstić information content (AvgIpc) is 2.41. The van der Waals surface area contributed by atoms with E-state index in [4.69, 9.17) is 4.74 Å². The molecule has 4 nitrogen and oxygen atoms in total. The Balaban J connectivity index is 1.99. The Morgan fingerprint density at radius 3 is 2.44 bits per heavy atom. The SMILES string of the molecule is CCNCc1cnc(Oc2ccc(Br)cc2)nc1. The molecule has 0 saturated heterocycles. The van der Waals surface area contributed by atoms with Crippen molar-refractivity contribution in [2.75, 3.05) is 6.54 Å². The summed E-state index contributed by atoms with van der Waals surface area (Å²) in [5.41, 5.74) is 1.04.